The van der Waals surface area contributed by atoms with Gasteiger partial charge in [0.15, 0.2) is 0 Å². The maximum absolute atomic E-state index is 13.4. The third kappa shape index (κ3) is 4.38. The Morgan fingerprint density at radius 2 is 2.00 bits per heavy atom. The molecule has 2 aliphatic rings. The van der Waals surface area contributed by atoms with Crippen LogP contribution in [0.2, 0.25) is 0 Å². The predicted molar refractivity (Wildman–Crippen MR) is 99.7 cm³/mol. The van der Waals surface area contributed by atoms with Crippen molar-refractivity contribution < 1.29 is 13.6 Å². The molecule has 1 amide bonds. The van der Waals surface area contributed by atoms with E-state index < -0.39 is 0 Å². The Labute approximate surface area is 159 Å². The lowest BCUT2D eigenvalue weighted by Gasteiger charge is -2.34. The lowest BCUT2D eigenvalue weighted by Crippen LogP contribution is -2.43. The average molecular weight is 371 g/mol. The summed E-state index contributed by atoms with van der Waals surface area (Å²) in [5.74, 6) is 1.23. The number of carbonyl (C=O) groups is 1. The number of oxazole rings is 1. The highest BCUT2D eigenvalue weighted by atomic mass is 19.1. The Morgan fingerprint density at radius 3 is 2.81 bits per heavy atom. The smallest absolute Gasteiger partial charge is 0.237 e. The van der Waals surface area contributed by atoms with Crippen molar-refractivity contribution in [3.63, 3.8) is 0 Å². The van der Waals surface area contributed by atoms with Crippen molar-refractivity contribution in [1.82, 2.24) is 14.8 Å². The molecular formula is C21H26FN3O2. The maximum atomic E-state index is 13.4. The predicted octanol–water partition coefficient (Wildman–Crippen LogP) is 3.55. The zero-order chi connectivity index (χ0) is 18.6. The highest BCUT2D eigenvalue weighted by Crippen LogP contribution is 2.31. The summed E-state index contributed by atoms with van der Waals surface area (Å²) < 4.78 is 19.4. The number of carbonyl (C=O) groups excluding carboxylic acids is 1. The van der Waals surface area contributed by atoms with Crippen molar-refractivity contribution >= 4 is 5.91 Å². The number of aromatic nitrogens is 1. The van der Waals surface area contributed by atoms with E-state index in [2.05, 4.69) is 9.88 Å². The van der Waals surface area contributed by atoms with E-state index in [9.17, 15) is 9.18 Å². The number of piperidine rings is 1. The van der Waals surface area contributed by atoms with Crippen LogP contribution in [0, 0.1) is 5.82 Å². The molecule has 2 fully saturated rings. The van der Waals surface area contributed by atoms with Crippen LogP contribution in [0.1, 0.15) is 55.4 Å². The molecule has 0 spiro atoms. The lowest BCUT2D eigenvalue weighted by atomic mass is 10.0. The van der Waals surface area contributed by atoms with Crippen LogP contribution in [0.15, 0.2) is 34.9 Å². The van der Waals surface area contributed by atoms with Crippen LogP contribution in [0.3, 0.4) is 0 Å². The summed E-state index contributed by atoms with van der Waals surface area (Å²) >= 11 is 0. The van der Waals surface area contributed by atoms with Crippen LogP contribution in [0.4, 0.5) is 4.39 Å². The van der Waals surface area contributed by atoms with E-state index in [0.717, 1.165) is 44.5 Å². The van der Waals surface area contributed by atoms with Gasteiger partial charge >= 0.3 is 0 Å². The van der Waals surface area contributed by atoms with E-state index in [-0.39, 0.29) is 17.8 Å². The third-order valence-electron chi connectivity index (χ3n) is 5.50. The number of halogens is 1. The van der Waals surface area contributed by atoms with Gasteiger partial charge in [0.25, 0.3) is 0 Å². The molecule has 2 aliphatic heterocycles. The van der Waals surface area contributed by atoms with E-state index in [1.807, 2.05) is 11.0 Å². The zero-order valence-corrected chi connectivity index (χ0v) is 15.6. The van der Waals surface area contributed by atoms with Gasteiger partial charge < -0.3 is 9.32 Å². The van der Waals surface area contributed by atoms with Gasteiger partial charge in [-0.15, -0.1) is 0 Å². The summed E-state index contributed by atoms with van der Waals surface area (Å²) in [6, 6.07) is 6.42. The van der Waals surface area contributed by atoms with Crippen molar-refractivity contribution in [3.05, 3.63) is 53.5 Å². The molecule has 1 aromatic heterocycles. The molecule has 1 unspecified atom stereocenters. The van der Waals surface area contributed by atoms with Crippen LogP contribution in [-0.2, 0) is 11.2 Å². The minimum atomic E-state index is -0.252. The summed E-state index contributed by atoms with van der Waals surface area (Å²) in [6.45, 7) is 3.29. The lowest BCUT2D eigenvalue weighted by molar-refractivity contribution is -0.136. The third-order valence-corrected chi connectivity index (χ3v) is 5.50. The fourth-order valence-electron chi connectivity index (χ4n) is 4.12. The van der Waals surface area contributed by atoms with E-state index in [4.69, 9.17) is 4.42 Å². The number of hydrogen-bond acceptors (Lipinski definition) is 4. The topological polar surface area (TPSA) is 49.6 Å². The monoisotopic (exact) mass is 371 g/mol. The van der Waals surface area contributed by atoms with Crippen LogP contribution in [-0.4, -0.2) is 46.9 Å². The highest BCUT2D eigenvalue weighted by molar-refractivity contribution is 5.78. The van der Waals surface area contributed by atoms with Gasteiger partial charge in [-0.05, 0) is 62.9 Å². The number of rotatable bonds is 5. The van der Waals surface area contributed by atoms with E-state index in [1.54, 1.807) is 12.3 Å². The quantitative estimate of drug-likeness (QED) is 0.806. The molecule has 2 saturated heterocycles. The molecular weight excluding hydrogens is 345 g/mol. The second kappa shape index (κ2) is 8.21. The molecule has 0 N–H and O–H groups in total. The van der Waals surface area contributed by atoms with Gasteiger partial charge in [0, 0.05) is 13.0 Å². The van der Waals surface area contributed by atoms with Gasteiger partial charge in [-0.25, -0.2) is 9.37 Å². The van der Waals surface area contributed by atoms with Crippen molar-refractivity contribution in [2.75, 3.05) is 26.2 Å². The standard InChI is InChI=1S/C21H26FN3O2/c22-17-7-5-6-16(12-17)13-18-14-23-21(27-18)19-8-1-2-11-25(19)20(26)15-24-9-3-4-10-24/h5-7,12,14,19H,1-4,8-11,13,15H2. The van der Waals surface area contributed by atoms with Gasteiger partial charge in [-0.1, -0.05) is 12.1 Å². The summed E-state index contributed by atoms with van der Waals surface area (Å²) in [4.78, 5) is 21.5. The SMILES string of the molecule is O=C(CN1CCCC1)N1CCCCC1c1ncc(Cc2cccc(F)c2)o1. The number of likely N-dealkylation sites (tertiary alicyclic amines) is 2. The van der Waals surface area contributed by atoms with Gasteiger partial charge in [0.1, 0.15) is 17.6 Å². The molecule has 4 rings (SSSR count). The number of benzene rings is 1. The van der Waals surface area contributed by atoms with Gasteiger partial charge in [0.2, 0.25) is 11.8 Å². The summed E-state index contributed by atoms with van der Waals surface area (Å²) in [5, 5.41) is 0. The van der Waals surface area contributed by atoms with Crippen LogP contribution >= 0.6 is 0 Å². The number of hydrogen-bond donors (Lipinski definition) is 0. The first kappa shape index (κ1) is 18.2. The summed E-state index contributed by atoms with van der Waals surface area (Å²) in [7, 11) is 0. The van der Waals surface area contributed by atoms with Crippen molar-refractivity contribution in [3.8, 4) is 0 Å². The second-order valence-electron chi connectivity index (χ2n) is 7.55. The molecule has 0 bridgehead atoms. The van der Waals surface area contributed by atoms with Crippen LogP contribution in [0.25, 0.3) is 0 Å². The summed E-state index contributed by atoms with van der Waals surface area (Å²) in [5.41, 5.74) is 0.850. The molecule has 27 heavy (non-hydrogen) atoms. The molecule has 144 valence electrons. The molecule has 3 heterocycles. The molecule has 0 aliphatic carbocycles. The molecule has 1 atom stereocenters. The molecule has 2 aromatic rings. The molecule has 0 saturated carbocycles. The fraction of sp³-hybridized carbons (Fsp3) is 0.524. The Morgan fingerprint density at radius 1 is 1.19 bits per heavy atom. The Hall–Kier alpha value is -2.21. The minimum absolute atomic E-state index is 0.0879. The molecule has 5 nitrogen and oxygen atoms in total. The Bertz CT molecular complexity index is 785. The van der Waals surface area contributed by atoms with Crippen molar-refractivity contribution in [2.24, 2.45) is 0 Å². The number of nitrogens with zero attached hydrogens (tertiary/aromatic N) is 3. The zero-order valence-electron chi connectivity index (χ0n) is 15.6. The molecule has 6 heteroatoms. The van der Waals surface area contributed by atoms with Crippen LogP contribution < -0.4 is 0 Å². The van der Waals surface area contributed by atoms with Gasteiger partial charge in [-0.2, -0.15) is 0 Å². The molecule has 1 aromatic carbocycles. The first-order valence-electron chi connectivity index (χ1n) is 9.90. The fourth-order valence-corrected chi connectivity index (χ4v) is 4.12. The van der Waals surface area contributed by atoms with Crippen molar-refractivity contribution in [2.45, 2.75) is 44.6 Å². The van der Waals surface area contributed by atoms with Gasteiger partial charge in [0.05, 0.1) is 12.7 Å². The minimum Gasteiger partial charge on any atom is -0.443 e. The average Bonchev–Trinajstić information content (AvgIpc) is 3.34. The number of amides is 1. The van der Waals surface area contributed by atoms with E-state index in [1.165, 1.54) is 25.0 Å². The summed E-state index contributed by atoms with van der Waals surface area (Å²) in [6.07, 6.45) is 7.54. The van der Waals surface area contributed by atoms with Gasteiger partial charge in [-0.3, -0.25) is 9.69 Å². The van der Waals surface area contributed by atoms with Crippen molar-refractivity contribution in [1.29, 1.82) is 0 Å². The second-order valence-corrected chi connectivity index (χ2v) is 7.55. The van der Waals surface area contributed by atoms with E-state index >= 15 is 0 Å². The maximum Gasteiger partial charge on any atom is 0.237 e. The van der Waals surface area contributed by atoms with Crippen LogP contribution in [0.5, 0.6) is 0 Å². The van der Waals surface area contributed by atoms with E-state index in [0.29, 0.717) is 24.6 Å². The first-order valence-corrected chi connectivity index (χ1v) is 9.90. The normalized spacial score (nSPS) is 20.9. The first-order chi connectivity index (χ1) is 13.2. The largest absolute Gasteiger partial charge is 0.443 e. The highest BCUT2D eigenvalue weighted by Gasteiger charge is 2.32. The Kier molecular flexibility index (Phi) is 5.53. The molecule has 0 radical (unpaired) electrons. The Balaban J connectivity index is 1.45.